The van der Waals surface area contributed by atoms with Gasteiger partial charge in [-0.2, -0.15) is 5.26 Å². The van der Waals surface area contributed by atoms with Crippen LogP contribution in [0.3, 0.4) is 0 Å². The summed E-state index contributed by atoms with van der Waals surface area (Å²) >= 11 is 0. The third-order valence-electron chi connectivity index (χ3n) is 5.57. The lowest BCUT2D eigenvalue weighted by molar-refractivity contribution is -0.150. The summed E-state index contributed by atoms with van der Waals surface area (Å²) in [6, 6.07) is 20.1. The highest BCUT2D eigenvalue weighted by atomic mass is 16.6. The molecule has 5 heteroatoms. The molecule has 0 N–H and O–H groups in total. The summed E-state index contributed by atoms with van der Waals surface area (Å²) in [5.41, 5.74) is 3.20. The van der Waals surface area contributed by atoms with Crippen LogP contribution >= 0.6 is 0 Å². The molecule has 0 amide bonds. The number of hydrogen-bond donors (Lipinski definition) is 0. The van der Waals surface area contributed by atoms with Gasteiger partial charge in [-0.15, -0.1) is 0 Å². The van der Waals surface area contributed by atoms with Gasteiger partial charge in [0.15, 0.2) is 0 Å². The van der Waals surface area contributed by atoms with Crippen LogP contribution in [0.1, 0.15) is 65.0 Å². The monoisotopic (exact) mass is 458 g/mol. The third kappa shape index (κ3) is 6.35. The van der Waals surface area contributed by atoms with E-state index < -0.39 is 23.4 Å². The molecule has 0 fully saturated rings. The van der Waals surface area contributed by atoms with Crippen LogP contribution in [0.2, 0.25) is 0 Å². The van der Waals surface area contributed by atoms with Gasteiger partial charge in [-0.3, -0.25) is 4.99 Å². The molecule has 1 heterocycles. The lowest BCUT2D eigenvalue weighted by Gasteiger charge is -2.32. The lowest BCUT2D eigenvalue weighted by atomic mass is 9.74. The van der Waals surface area contributed by atoms with Crippen molar-refractivity contribution < 1.29 is 14.3 Å². The van der Waals surface area contributed by atoms with Gasteiger partial charge in [-0.05, 0) is 63.3 Å². The summed E-state index contributed by atoms with van der Waals surface area (Å²) < 4.78 is 11.6. The van der Waals surface area contributed by atoms with E-state index >= 15 is 0 Å². The van der Waals surface area contributed by atoms with Crippen molar-refractivity contribution in [1.29, 1.82) is 5.26 Å². The fourth-order valence-corrected chi connectivity index (χ4v) is 4.15. The predicted molar refractivity (Wildman–Crippen MR) is 134 cm³/mol. The van der Waals surface area contributed by atoms with Crippen molar-refractivity contribution in [3.8, 4) is 11.8 Å². The van der Waals surface area contributed by atoms with Crippen molar-refractivity contribution in [1.82, 2.24) is 0 Å². The van der Waals surface area contributed by atoms with E-state index in [4.69, 9.17) is 14.5 Å². The number of carbonyl (C=O) groups is 1. The van der Waals surface area contributed by atoms with Gasteiger partial charge in [0, 0.05) is 17.3 Å². The summed E-state index contributed by atoms with van der Waals surface area (Å²) in [6.45, 7) is 12.0. The quantitative estimate of drug-likeness (QED) is 0.438. The van der Waals surface area contributed by atoms with Gasteiger partial charge < -0.3 is 9.47 Å². The SMILES string of the molecule is CC1=C(C(=O)OC(C)(C)C)C(c2ccc(OCc3ccccc3)cc2)C(C#N)C(CC(C)C)=N1. The third-order valence-corrected chi connectivity index (χ3v) is 5.57. The molecule has 3 rings (SSSR count). The number of nitrogens with zero attached hydrogens (tertiary/aromatic N) is 2. The molecular formula is C29H34N2O3. The van der Waals surface area contributed by atoms with Crippen molar-refractivity contribution in [2.45, 2.75) is 66.1 Å². The van der Waals surface area contributed by atoms with E-state index in [2.05, 4.69) is 19.9 Å². The van der Waals surface area contributed by atoms with E-state index in [0.717, 1.165) is 22.6 Å². The second kappa shape index (κ2) is 10.7. The first-order chi connectivity index (χ1) is 16.1. The highest BCUT2D eigenvalue weighted by Gasteiger charge is 2.40. The topological polar surface area (TPSA) is 71.7 Å². The molecule has 0 aromatic heterocycles. The molecule has 34 heavy (non-hydrogen) atoms. The van der Waals surface area contributed by atoms with Crippen LogP contribution in [0.5, 0.6) is 5.75 Å². The van der Waals surface area contributed by atoms with Crippen LogP contribution in [0.4, 0.5) is 0 Å². The van der Waals surface area contributed by atoms with Gasteiger partial charge in [0.05, 0.1) is 17.6 Å². The number of aliphatic imine (C=N–C) groups is 1. The Morgan fingerprint density at radius 3 is 2.29 bits per heavy atom. The summed E-state index contributed by atoms with van der Waals surface area (Å²) in [5.74, 6) is -0.335. The van der Waals surface area contributed by atoms with E-state index in [9.17, 15) is 10.1 Å². The number of hydrogen-bond acceptors (Lipinski definition) is 5. The van der Waals surface area contributed by atoms with Crippen molar-refractivity contribution in [2.75, 3.05) is 0 Å². The zero-order valence-electron chi connectivity index (χ0n) is 21.0. The molecule has 2 aromatic rings. The molecule has 0 aliphatic carbocycles. The van der Waals surface area contributed by atoms with Crippen LogP contribution in [0, 0.1) is 23.2 Å². The van der Waals surface area contributed by atoms with Gasteiger partial charge in [0.2, 0.25) is 0 Å². The molecule has 0 saturated heterocycles. The molecule has 5 nitrogen and oxygen atoms in total. The molecule has 0 saturated carbocycles. The summed E-state index contributed by atoms with van der Waals surface area (Å²) in [4.78, 5) is 18.0. The Hall–Kier alpha value is -3.39. The minimum Gasteiger partial charge on any atom is -0.489 e. The van der Waals surface area contributed by atoms with Crippen LogP contribution in [0.25, 0.3) is 0 Å². The molecule has 0 spiro atoms. The summed E-state index contributed by atoms with van der Waals surface area (Å²) in [5, 5.41) is 10.2. The standard InChI is InChI=1S/C29H34N2O3/c1-19(2)16-25-24(17-30)27(26(20(3)31-25)28(32)34-29(4,5)6)22-12-14-23(15-13-22)33-18-21-10-8-7-9-11-21/h7-15,19,24,27H,16,18H2,1-6H3. The van der Waals surface area contributed by atoms with Crippen LogP contribution < -0.4 is 4.74 Å². The highest BCUT2D eigenvalue weighted by molar-refractivity contribution is 5.99. The van der Waals surface area contributed by atoms with Crippen molar-refractivity contribution in [2.24, 2.45) is 16.8 Å². The average Bonchev–Trinajstić information content (AvgIpc) is 2.76. The Labute approximate surface area is 203 Å². The largest absolute Gasteiger partial charge is 0.489 e. The molecule has 0 bridgehead atoms. The highest BCUT2D eigenvalue weighted by Crippen LogP contribution is 2.41. The van der Waals surface area contributed by atoms with Crippen LogP contribution in [0.15, 0.2) is 70.9 Å². The van der Waals surface area contributed by atoms with Crippen LogP contribution in [-0.4, -0.2) is 17.3 Å². The zero-order chi connectivity index (χ0) is 24.9. The maximum absolute atomic E-state index is 13.2. The van der Waals surface area contributed by atoms with E-state index in [0.29, 0.717) is 30.2 Å². The lowest BCUT2D eigenvalue weighted by Crippen LogP contribution is -2.34. The van der Waals surface area contributed by atoms with E-state index in [1.54, 1.807) is 0 Å². The maximum Gasteiger partial charge on any atom is 0.337 e. The number of allylic oxidation sites excluding steroid dienone is 1. The van der Waals surface area contributed by atoms with E-state index in [1.807, 2.05) is 82.3 Å². The summed E-state index contributed by atoms with van der Waals surface area (Å²) in [6.07, 6.45) is 0.700. The first-order valence-corrected chi connectivity index (χ1v) is 11.8. The Morgan fingerprint density at radius 2 is 1.74 bits per heavy atom. The molecular weight excluding hydrogens is 424 g/mol. The van der Waals surface area contributed by atoms with E-state index in [1.165, 1.54) is 0 Å². The van der Waals surface area contributed by atoms with Gasteiger partial charge in [0.25, 0.3) is 0 Å². The molecule has 0 radical (unpaired) electrons. The molecule has 2 aromatic carbocycles. The first-order valence-electron chi connectivity index (χ1n) is 11.8. The van der Waals surface area contributed by atoms with Crippen LogP contribution in [-0.2, 0) is 16.1 Å². The molecule has 1 aliphatic rings. The number of ether oxygens (including phenoxy) is 2. The Kier molecular flexibility index (Phi) is 7.94. The average molecular weight is 459 g/mol. The Morgan fingerprint density at radius 1 is 1.09 bits per heavy atom. The predicted octanol–water partition coefficient (Wildman–Crippen LogP) is 6.61. The second-order valence-electron chi connectivity index (χ2n) is 10.1. The van der Waals surface area contributed by atoms with Crippen molar-refractivity contribution in [3.63, 3.8) is 0 Å². The van der Waals surface area contributed by atoms with Gasteiger partial charge >= 0.3 is 5.97 Å². The first kappa shape index (κ1) is 25.2. The number of rotatable bonds is 7. The maximum atomic E-state index is 13.2. The minimum absolute atomic E-state index is 0.347. The number of benzene rings is 2. The van der Waals surface area contributed by atoms with Gasteiger partial charge in [-0.1, -0.05) is 56.3 Å². The molecule has 2 atom stereocenters. The van der Waals surface area contributed by atoms with Gasteiger partial charge in [-0.25, -0.2) is 4.79 Å². The summed E-state index contributed by atoms with van der Waals surface area (Å²) in [7, 11) is 0. The number of carbonyl (C=O) groups excluding carboxylic acids is 1. The smallest absolute Gasteiger partial charge is 0.337 e. The normalized spacial score (nSPS) is 18.4. The number of esters is 1. The van der Waals surface area contributed by atoms with E-state index in [-0.39, 0.29) is 0 Å². The second-order valence-corrected chi connectivity index (χ2v) is 10.1. The molecule has 2 unspecified atom stereocenters. The molecule has 178 valence electrons. The van der Waals surface area contributed by atoms with Crippen molar-refractivity contribution >= 4 is 11.7 Å². The molecule has 1 aliphatic heterocycles. The minimum atomic E-state index is -0.645. The van der Waals surface area contributed by atoms with Crippen molar-refractivity contribution in [3.05, 3.63) is 77.0 Å². The zero-order valence-corrected chi connectivity index (χ0v) is 21.0. The number of nitriles is 1. The Bertz CT molecular complexity index is 1100. The van der Waals surface area contributed by atoms with Gasteiger partial charge in [0.1, 0.15) is 18.0 Å². The fraction of sp³-hybridized carbons (Fsp3) is 0.414. The Balaban J connectivity index is 1.95. The fourth-order valence-electron chi connectivity index (χ4n) is 4.15.